The standard InChI is InChI=1S/C11H22N2O/c1-9-4-6-13(7-5-9)10(14)8-11(2,3)12/h9H,4-8,12H2,1-3H3. The van der Waals surface area contributed by atoms with E-state index in [0.29, 0.717) is 6.42 Å². The predicted octanol–water partition coefficient (Wildman–Crippen LogP) is 1.37. The van der Waals surface area contributed by atoms with Crippen molar-refractivity contribution < 1.29 is 4.79 Å². The monoisotopic (exact) mass is 198 g/mol. The molecule has 1 fully saturated rings. The summed E-state index contributed by atoms with van der Waals surface area (Å²) in [5.74, 6) is 0.981. The van der Waals surface area contributed by atoms with Crippen molar-refractivity contribution in [3.05, 3.63) is 0 Å². The van der Waals surface area contributed by atoms with Crippen LogP contribution in [0.3, 0.4) is 0 Å². The topological polar surface area (TPSA) is 46.3 Å². The number of likely N-dealkylation sites (tertiary alicyclic amines) is 1. The molecular weight excluding hydrogens is 176 g/mol. The minimum absolute atomic E-state index is 0.212. The van der Waals surface area contributed by atoms with Gasteiger partial charge in [-0.2, -0.15) is 0 Å². The molecule has 0 aromatic carbocycles. The predicted molar refractivity (Wildman–Crippen MR) is 57.9 cm³/mol. The molecule has 0 saturated carbocycles. The molecule has 0 radical (unpaired) electrons. The Labute approximate surface area is 86.6 Å². The van der Waals surface area contributed by atoms with Gasteiger partial charge in [-0.3, -0.25) is 4.79 Å². The summed E-state index contributed by atoms with van der Waals surface area (Å²) in [6, 6.07) is 0. The van der Waals surface area contributed by atoms with Crippen LogP contribution >= 0.6 is 0 Å². The lowest BCUT2D eigenvalue weighted by atomic mass is 9.97. The molecule has 3 heteroatoms. The lowest BCUT2D eigenvalue weighted by Crippen LogP contribution is -2.44. The largest absolute Gasteiger partial charge is 0.343 e. The molecule has 1 rings (SSSR count). The highest BCUT2D eigenvalue weighted by atomic mass is 16.2. The van der Waals surface area contributed by atoms with E-state index >= 15 is 0 Å². The highest BCUT2D eigenvalue weighted by Crippen LogP contribution is 2.18. The normalized spacial score (nSPS) is 19.9. The van der Waals surface area contributed by atoms with Crippen molar-refractivity contribution in [3.8, 4) is 0 Å². The molecular formula is C11H22N2O. The molecule has 1 saturated heterocycles. The van der Waals surface area contributed by atoms with Gasteiger partial charge in [-0.15, -0.1) is 0 Å². The van der Waals surface area contributed by atoms with Gasteiger partial charge in [-0.05, 0) is 32.6 Å². The molecule has 0 aromatic heterocycles. The van der Waals surface area contributed by atoms with Crippen LogP contribution in [0.1, 0.15) is 40.0 Å². The Morgan fingerprint density at radius 1 is 1.43 bits per heavy atom. The Kier molecular flexibility index (Phi) is 3.53. The van der Waals surface area contributed by atoms with E-state index in [1.54, 1.807) is 0 Å². The fourth-order valence-electron chi connectivity index (χ4n) is 1.76. The summed E-state index contributed by atoms with van der Waals surface area (Å²) in [6.07, 6.45) is 2.73. The maximum Gasteiger partial charge on any atom is 0.224 e. The summed E-state index contributed by atoms with van der Waals surface area (Å²) in [5.41, 5.74) is 5.45. The third-order valence-corrected chi connectivity index (χ3v) is 2.74. The van der Waals surface area contributed by atoms with E-state index < -0.39 is 0 Å². The van der Waals surface area contributed by atoms with Gasteiger partial charge in [0.25, 0.3) is 0 Å². The second-order valence-electron chi connectivity index (χ2n) is 5.23. The molecule has 0 aliphatic carbocycles. The molecule has 0 aromatic rings. The Hall–Kier alpha value is -0.570. The van der Waals surface area contributed by atoms with Gasteiger partial charge in [0.05, 0.1) is 0 Å². The van der Waals surface area contributed by atoms with E-state index in [0.717, 1.165) is 31.8 Å². The molecule has 82 valence electrons. The van der Waals surface area contributed by atoms with Crippen molar-refractivity contribution in [1.82, 2.24) is 4.90 Å². The van der Waals surface area contributed by atoms with Crippen LogP contribution in [-0.2, 0) is 4.79 Å². The van der Waals surface area contributed by atoms with Gasteiger partial charge in [0.2, 0.25) is 5.91 Å². The fraction of sp³-hybridized carbons (Fsp3) is 0.909. The minimum atomic E-state index is -0.375. The number of nitrogens with two attached hydrogens (primary N) is 1. The third kappa shape index (κ3) is 3.66. The molecule has 2 N–H and O–H groups in total. The second kappa shape index (κ2) is 4.30. The van der Waals surface area contributed by atoms with Gasteiger partial charge >= 0.3 is 0 Å². The van der Waals surface area contributed by atoms with Crippen LogP contribution < -0.4 is 5.73 Å². The average molecular weight is 198 g/mol. The van der Waals surface area contributed by atoms with E-state index in [9.17, 15) is 4.79 Å². The first-order chi connectivity index (χ1) is 6.38. The summed E-state index contributed by atoms with van der Waals surface area (Å²) in [7, 11) is 0. The van der Waals surface area contributed by atoms with E-state index in [4.69, 9.17) is 5.73 Å². The maximum absolute atomic E-state index is 11.8. The van der Waals surface area contributed by atoms with Gasteiger partial charge < -0.3 is 10.6 Å². The van der Waals surface area contributed by atoms with Crippen LogP contribution in [0.25, 0.3) is 0 Å². The van der Waals surface area contributed by atoms with Crippen molar-refractivity contribution >= 4 is 5.91 Å². The zero-order valence-corrected chi connectivity index (χ0v) is 9.55. The SMILES string of the molecule is CC1CCN(C(=O)CC(C)(C)N)CC1. The number of amides is 1. The van der Waals surface area contributed by atoms with E-state index in [1.807, 2.05) is 18.7 Å². The van der Waals surface area contributed by atoms with Crippen molar-refractivity contribution in [2.24, 2.45) is 11.7 Å². The molecule has 1 heterocycles. The Morgan fingerprint density at radius 3 is 2.36 bits per heavy atom. The molecule has 0 spiro atoms. The first-order valence-electron chi connectivity index (χ1n) is 5.45. The van der Waals surface area contributed by atoms with Crippen molar-refractivity contribution in [2.75, 3.05) is 13.1 Å². The molecule has 1 aliphatic rings. The van der Waals surface area contributed by atoms with Crippen LogP contribution in [0.5, 0.6) is 0 Å². The number of nitrogens with zero attached hydrogens (tertiary/aromatic N) is 1. The molecule has 0 bridgehead atoms. The lowest BCUT2D eigenvalue weighted by Gasteiger charge is -2.32. The summed E-state index contributed by atoms with van der Waals surface area (Å²) >= 11 is 0. The van der Waals surface area contributed by atoms with Crippen LogP contribution in [0, 0.1) is 5.92 Å². The number of piperidine rings is 1. The Bertz CT molecular complexity index is 200. The van der Waals surface area contributed by atoms with Gasteiger partial charge in [0.1, 0.15) is 0 Å². The Morgan fingerprint density at radius 2 is 1.93 bits per heavy atom. The molecule has 3 nitrogen and oxygen atoms in total. The molecule has 0 atom stereocenters. The fourth-order valence-corrected chi connectivity index (χ4v) is 1.76. The Balaban J connectivity index is 2.38. The average Bonchev–Trinajstić information content (AvgIpc) is 2.02. The number of hydrogen-bond donors (Lipinski definition) is 1. The van der Waals surface area contributed by atoms with Crippen molar-refractivity contribution in [3.63, 3.8) is 0 Å². The van der Waals surface area contributed by atoms with E-state index in [2.05, 4.69) is 6.92 Å². The van der Waals surface area contributed by atoms with E-state index in [-0.39, 0.29) is 11.4 Å². The number of rotatable bonds is 2. The number of carbonyl (C=O) groups is 1. The zero-order valence-electron chi connectivity index (χ0n) is 9.55. The van der Waals surface area contributed by atoms with E-state index in [1.165, 1.54) is 0 Å². The summed E-state index contributed by atoms with van der Waals surface area (Å²) in [5, 5.41) is 0. The lowest BCUT2D eigenvalue weighted by molar-refractivity contribution is -0.133. The first kappa shape index (κ1) is 11.5. The van der Waals surface area contributed by atoms with Gasteiger partial charge in [0.15, 0.2) is 0 Å². The molecule has 14 heavy (non-hydrogen) atoms. The highest BCUT2D eigenvalue weighted by Gasteiger charge is 2.24. The first-order valence-corrected chi connectivity index (χ1v) is 5.45. The smallest absolute Gasteiger partial charge is 0.224 e. The molecule has 1 amide bonds. The maximum atomic E-state index is 11.8. The quantitative estimate of drug-likeness (QED) is 0.728. The summed E-state index contributed by atoms with van der Waals surface area (Å²) in [4.78, 5) is 13.7. The summed E-state index contributed by atoms with van der Waals surface area (Å²) < 4.78 is 0. The van der Waals surface area contributed by atoms with Crippen LogP contribution in [0.15, 0.2) is 0 Å². The minimum Gasteiger partial charge on any atom is -0.343 e. The van der Waals surface area contributed by atoms with Crippen molar-refractivity contribution in [1.29, 1.82) is 0 Å². The zero-order chi connectivity index (χ0) is 10.8. The number of carbonyl (C=O) groups excluding carboxylic acids is 1. The third-order valence-electron chi connectivity index (χ3n) is 2.74. The molecule has 0 unspecified atom stereocenters. The second-order valence-corrected chi connectivity index (χ2v) is 5.23. The highest BCUT2D eigenvalue weighted by molar-refractivity contribution is 5.77. The number of hydrogen-bond acceptors (Lipinski definition) is 2. The van der Waals surface area contributed by atoms with Gasteiger partial charge in [0, 0.05) is 25.0 Å². The van der Waals surface area contributed by atoms with Crippen molar-refractivity contribution in [2.45, 2.75) is 45.6 Å². The van der Waals surface area contributed by atoms with Gasteiger partial charge in [-0.1, -0.05) is 6.92 Å². The van der Waals surface area contributed by atoms with Gasteiger partial charge in [-0.25, -0.2) is 0 Å². The summed E-state index contributed by atoms with van der Waals surface area (Å²) in [6.45, 7) is 7.87. The molecule has 1 aliphatic heterocycles. The van der Waals surface area contributed by atoms with Crippen LogP contribution in [-0.4, -0.2) is 29.4 Å². The van der Waals surface area contributed by atoms with Crippen LogP contribution in [0.2, 0.25) is 0 Å². The van der Waals surface area contributed by atoms with Crippen LogP contribution in [0.4, 0.5) is 0 Å².